The zero-order chi connectivity index (χ0) is 11.0. The van der Waals surface area contributed by atoms with Crippen LogP contribution in [0.1, 0.15) is 30.4 Å². The maximum Gasteiger partial charge on any atom is 0.220 e. The van der Waals surface area contributed by atoms with Crippen LogP contribution in [-0.4, -0.2) is 12.5 Å². The van der Waals surface area contributed by atoms with E-state index < -0.39 is 0 Å². The molecule has 1 aliphatic heterocycles. The van der Waals surface area contributed by atoms with Crippen molar-refractivity contribution < 1.29 is 4.79 Å². The van der Waals surface area contributed by atoms with E-state index in [9.17, 15) is 4.79 Å². The lowest BCUT2D eigenvalue weighted by Gasteiger charge is -2.26. The van der Waals surface area contributed by atoms with E-state index >= 15 is 0 Å². The number of amides is 1. The molecule has 2 aliphatic rings. The molecule has 0 aromatic heterocycles. The van der Waals surface area contributed by atoms with Gasteiger partial charge in [-0.3, -0.25) is 4.79 Å². The monoisotopic (exact) mass is 215 g/mol. The van der Waals surface area contributed by atoms with Crippen molar-refractivity contribution in [1.29, 1.82) is 0 Å². The lowest BCUT2D eigenvalue weighted by atomic mass is 9.78. The summed E-state index contributed by atoms with van der Waals surface area (Å²) < 4.78 is 0. The van der Waals surface area contributed by atoms with E-state index in [4.69, 9.17) is 0 Å². The molecular formula is C14H17NO. The van der Waals surface area contributed by atoms with Crippen LogP contribution < -0.4 is 5.32 Å². The van der Waals surface area contributed by atoms with Gasteiger partial charge in [-0.05, 0) is 42.2 Å². The molecule has 1 N–H and O–H groups in total. The summed E-state index contributed by atoms with van der Waals surface area (Å²) in [4.78, 5) is 11.4. The first kappa shape index (κ1) is 9.88. The van der Waals surface area contributed by atoms with Gasteiger partial charge in [0.05, 0.1) is 0 Å². The lowest BCUT2D eigenvalue weighted by Crippen LogP contribution is -2.24. The zero-order valence-corrected chi connectivity index (χ0v) is 9.46. The van der Waals surface area contributed by atoms with Gasteiger partial charge in [0, 0.05) is 13.0 Å². The molecule has 1 amide bonds. The average Bonchev–Trinajstić information content (AvgIpc) is 2.55. The highest BCUT2D eigenvalue weighted by Gasteiger charge is 2.38. The van der Waals surface area contributed by atoms with Crippen LogP contribution in [0, 0.1) is 5.41 Å². The largest absolute Gasteiger partial charge is 0.356 e. The topological polar surface area (TPSA) is 29.1 Å². The van der Waals surface area contributed by atoms with Gasteiger partial charge >= 0.3 is 0 Å². The molecular weight excluding hydrogens is 198 g/mol. The summed E-state index contributed by atoms with van der Waals surface area (Å²) in [6.07, 6.45) is 5.21. The average molecular weight is 215 g/mol. The molecule has 1 fully saturated rings. The Morgan fingerprint density at radius 2 is 1.75 bits per heavy atom. The molecule has 1 aromatic rings. The summed E-state index contributed by atoms with van der Waals surface area (Å²) in [6.45, 7) is 0.854. The number of carbonyl (C=O) groups excluding carboxylic acids is 1. The number of hydrogen-bond acceptors (Lipinski definition) is 1. The highest BCUT2D eigenvalue weighted by molar-refractivity contribution is 5.76. The third-order valence-corrected chi connectivity index (χ3v) is 4.11. The quantitative estimate of drug-likeness (QED) is 0.705. The second-order valence-electron chi connectivity index (χ2n) is 5.22. The van der Waals surface area contributed by atoms with E-state index in [1.54, 1.807) is 0 Å². The number of rotatable bonds is 0. The molecule has 0 atom stereocenters. The second-order valence-corrected chi connectivity index (χ2v) is 5.22. The minimum absolute atomic E-state index is 0.229. The van der Waals surface area contributed by atoms with Crippen molar-refractivity contribution in [2.75, 3.05) is 6.54 Å². The fourth-order valence-electron chi connectivity index (χ4n) is 3.19. The fraction of sp³-hybridized carbons (Fsp3) is 0.500. The van der Waals surface area contributed by atoms with Crippen LogP contribution in [0.4, 0.5) is 0 Å². The van der Waals surface area contributed by atoms with Crippen LogP contribution in [0.25, 0.3) is 0 Å². The van der Waals surface area contributed by atoms with E-state index in [0.29, 0.717) is 11.8 Å². The summed E-state index contributed by atoms with van der Waals surface area (Å²) in [5, 5.41) is 2.98. The highest BCUT2D eigenvalue weighted by Crippen LogP contribution is 2.43. The van der Waals surface area contributed by atoms with E-state index in [-0.39, 0.29) is 5.91 Å². The number of nitrogens with one attached hydrogen (secondary N) is 1. The van der Waals surface area contributed by atoms with E-state index in [1.165, 1.54) is 11.1 Å². The van der Waals surface area contributed by atoms with Crippen LogP contribution in [-0.2, 0) is 17.6 Å². The van der Waals surface area contributed by atoms with Gasteiger partial charge in [-0.1, -0.05) is 24.3 Å². The Bertz CT molecular complexity index is 399. The lowest BCUT2D eigenvalue weighted by molar-refractivity contribution is -0.120. The Kier molecular flexibility index (Phi) is 2.23. The molecule has 0 bridgehead atoms. The maximum absolute atomic E-state index is 11.4. The minimum Gasteiger partial charge on any atom is -0.356 e. The zero-order valence-electron chi connectivity index (χ0n) is 9.46. The molecule has 3 rings (SSSR count). The van der Waals surface area contributed by atoms with Crippen LogP contribution in [0.5, 0.6) is 0 Å². The summed E-state index contributed by atoms with van der Waals surface area (Å²) in [5.74, 6) is 0.229. The third kappa shape index (κ3) is 1.62. The molecule has 0 unspecified atom stereocenters. The predicted octanol–water partition coefficient (Wildman–Crippen LogP) is 2.07. The molecule has 1 aliphatic carbocycles. The fourth-order valence-corrected chi connectivity index (χ4v) is 3.19. The second kappa shape index (κ2) is 3.62. The summed E-state index contributed by atoms with van der Waals surface area (Å²) >= 11 is 0. The van der Waals surface area contributed by atoms with Crippen LogP contribution in [0.15, 0.2) is 24.3 Å². The number of carbonyl (C=O) groups is 1. The first-order valence-corrected chi connectivity index (χ1v) is 6.11. The van der Waals surface area contributed by atoms with Gasteiger partial charge in [0.1, 0.15) is 0 Å². The van der Waals surface area contributed by atoms with Crippen LogP contribution in [0.3, 0.4) is 0 Å². The minimum atomic E-state index is 0.229. The standard InChI is InChI=1S/C14H17NO/c16-13-5-6-14(7-8-15-13)9-11-3-1-2-4-12(11)10-14/h1-4H,5-10H2,(H,15,16). The van der Waals surface area contributed by atoms with Crippen LogP contribution >= 0.6 is 0 Å². The van der Waals surface area contributed by atoms with Crippen LogP contribution in [0.2, 0.25) is 0 Å². The van der Waals surface area contributed by atoms with Crippen molar-refractivity contribution in [2.24, 2.45) is 5.41 Å². The molecule has 1 saturated heterocycles. The molecule has 1 spiro atoms. The number of benzene rings is 1. The Labute approximate surface area is 96.1 Å². The van der Waals surface area contributed by atoms with E-state index in [0.717, 1.165) is 32.2 Å². The summed E-state index contributed by atoms with van der Waals surface area (Å²) in [5.41, 5.74) is 3.36. The highest BCUT2D eigenvalue weighted by atomic mass is 16.1. The Hall–Kier alpha value is -1.31. The SMILES string of the molecule is O=C1CCC2(CCN1)Cc1ccccc1C2. The molecule has 0 saturated carbocycles. The third-order valence-electron chi connectivity index (χ3n) is 4.11. The molecule has 0 radical (unpaired) electrons. The van der Waals surface area contributed by atoms with Gasteiger partial charge in [-0.25, -0.2) is 0 Å². The van der Waals surface area contributed by atoms with Crippen molar-refractivity contribution in [3.63, 3.8) is 0 Å². The smallest absolute Gasteiger partial charge is 0.220 e. The van der Waals surface area contributed by atoms with E-state index in [2.05, 4.69) is 29.6 Å². The Balaban J connectivity index is 1.85. The van der Waals surface area contributed by atoms with Gasteiger partial charge in [-0.2, -0.15) is 0 Å². The Morgan fingerprint density at radius 3 is 2.44 bits per heavy atom. The molecule has 16 heavy (non-hydrogen) atoms. The number of fused-ring (bicyclic) bond motifs is 1. The molecule has 84 valence electrons. The van der Waals surface area contributed by atoms with E-state index in [1.807, 2.05) is 0 Å². The van der Waals surface area contributed by atoms with Crippen molar-refractivity contribution in [3.05, 3.63) is 35.4 Å². The summed E-state index contributed by atoms with van der Waals surface area (Å²) in [6, 6.07) is 8.73. The maximum atomic E-state index is 11.4. The molecule has 2 heteroatoms. The van der Waals surface area contributed by atoms with Crippen molar-refractivity contribution in [3.8, 4) is 0 Å². The predicted molar refractivity (Wildman–Crippen MR) is 63.1 cm³/mol. The van der Waals surface area contributed by atoms with Gasteiger partial charge in [0.25, 0.3) is 0 Å². The van der Waals surface area contributed by atoms with Gasteiger partial charge < -0.3 is 5.32 Å². The Morgan fingerprint density at radius 1 is 1.06 bits per heavy atom. The van der Waals surface area contributed by atoms with Crippen molar-refractivity contribution >= 4 is 5.91 Å². The first-order chi connectivity index (χ1) is 7.77. The van der Waals surface area contributed by atoms with Crippen molar-refractivity contribution in [1.82, 2.24) is 5.32 Å². The van der Waals surface area contributed by atoms with Gasteiger partial charge in [-0.15, -0.1) is 0 Å². The normalized spacial score (nSPS) is 22.6. The molecule has 1 heterocycles. The first-order valence-electron chi connectivity index (χ1n) is 6.11. The summed E-state index contributed by atoms with van der Waals surface area (Å²) in [7, 11) is 0. The number of hydrogen-bond donors (Lipinski definition) is 1. The molecule has 1 aromatic carbocycles. The van der Waals surface area contributed by atoms with Gasteiger partial charge in [0.15, 0.2) is 0 Å². The van der Waals surface area contributed by atoms with Gasteiger partial charge in [0.2, 0.25) is 5.91 Å². The van der Waals surface area contributed by atoms with Crippen molar-refractivity contribution in [2.45, 2.75) is 32.1 Å². The molecule has 2 nitrogen and oxygen atoms in total.